The number of amides is 2. The van der Waals surface area contributed by atoms with E-state index in [4.69, 9.17) is 11.6 Å². The molecule has 2 N–H and O–H groups in total. The second-order valence-electron chi connectivity index (χ2n) is 5.94. The van der Waals surface area contributed by atoms with Gasteiger partial charge in [-0.05, 0) is 37.5 Å². The fourth-order valence-electron chi connectivity index (χ4n) is 2.36. The van der Waals surface area contributed by atoms with Gasteiger partial charge in [0.05, 0.1) is 5.75 Å². The van der Waals surface area contributed by atoms with Crippen LogP contribution >= 0.6 is 11.6 Å². The first-order valence-corrected chi connectivity index (χ1v) is 9.68. The summed E-state index contributed by atoms with van der Waals surface area (Å²) in [4.78, 5) is 11.9. The third kappa shape index (κ3) is 5.50. The molecular formula is C15H21ClN2O3S. The highest BCUT2D eigenvalue weighted by Gasteiger charge is 2.39. The maximum absolute atomic E-state index is 11.9. The monoisotopic (exact) mass is 344 g/mol. The van der Waals surface area contributed by atoms with Crippen LogP contribution in [0.25, 0.3) is 0 Å². The Balaban J connectivity index is 1.75. The van der Waals surface area contributed by atoms with E-state index in [0.29, 0.717) is 17.4 Å². The lowest BCUT2D eigenvalue weighted by Crippen LogP contribution is -2.42. The predicted octanol–water partition coefficient (Wildman–Crippen LogP) is 2.32. The molecule has 1 saturated carbocycles. The minimum Gasteiger partial charge on any atom is -0.336 e. The Hall–Kier alpha value is -1.27. The molecule has 1 aliphatic carbocycles. The Morgan fingerprint density at radius 2 is 2.18 bits per heavy atom. The smallest absolute Gasteiger partial charge is 0.315 e. The van der Waals surface area contributed by atoms with E-state index in [2.05, 4.69) is 10.6 Å². The zero-order valence-corrected chi connectivity index (χ0v) is 14.2. The number of carbonyl (C=O) groups excluding carboxylic acids is 1. The molecule has 0 aliphatic heterocycles. The quantitative estimate of drug-likeness (QED) is 0.831. The summed E-state index contributed by atoms with van der Waals surface area (Å²) in [6.45, 7) is 1.80. The minimum atomic E-state index is -3.00. The standard InChI is InChI=1S/C15H21ClN2O3S/c1-10(6-7-22(2,20)21)17-15(19)18-14-9-13(14)11-4-3-5-12(16)8-11/h3-5,8,10,13-14H,6-7,9H2,1-2H3,(H2,17,18,19)/t10-,13-,14+/m1/s1. The van der Waals surface area contributed by atoms with Crippen LogP contribution in [0, 0.1) is 0 Å². The molecule has 22 heavy (non-hydrogen) atoms. The fraction of sp³-hybridized carbons (Fsp3) is 0.533. The van der Waals surface area contributed by atoms with E-state index in [1.165, 1.54) is 6.26 Å². The molecule has 0 saturated heterocycles. The maximum Gasteiger partial charge on any atom is 0.315 e. The molecule has 5 nitrogen and oxygen atoms in total. The van der Waals surface area contributed by atoms with E-state index in [9.17, 15) is 13.2 Å². The molecule has 1 fully saturated rings. The van der Waals surface area contributed by atoms with Crippen molar-refractivity contribution in [3.63, 3.8) is 0 Å². The largest absolute Gasteiger partial charge is 0.336 e. The van der Waals surface area contributed by atoms with Gasteiger partial charge in [0.25, 0.3) is 0 Å². The molecule has 0 spiro atoms. The van der Waals surface area contributed by atoms with Gasteiger partial charge in [-0.25, -0.2) is 13.2 Å². The van der Waals surface area contributed by atoms with Crippen molar-refractivity contribution in [2.75, 3.05) is 12.0 Å². The second-order valence-corrected chi connectivity index (χ2v) is 8.64. The molecule has 0 bridgehead atoms. The molecule has 0 aromatic heterocycles. The number of hydrogen-bond donors (Lipinski definition) is 2. The van der Waals surface area contributed by atoms with Crippen molar-refractivity contribution in [1.82, 2.24) is 10.6 Å². The first-order chi connectivity index (χ1) is 10.2. The van der Waals surface area contributed by atoms with Crippen LogP contribution in [-0.4, -0.2) is 38.5 Å². The lowest BCUT2D eigenvalue weighted by atomic mass is 10.1. The van der Waals surface area contributed by atoms with Crippen LogP contribution in [-0.2, 0) is 9.84 Å². The van der Waals surface area contributed by atoms with Crippen molar-refractivity contribution in [1.29, 1.82) is 0 Å². The number of rotatable bonds is 6. The molecule has 122 valence electrons. The molecular weight excluding hydrogens is 324 g/mol. The molecule has 1 aliphatic rings. The summed E-state index contributed by atoms with van der Waals surface area (Å²) in [7, 11) is -3.00. The summed E-state index contributed by atoms with van der Waals surface area (Å²) < 4.78 is 22.2. The van der Waals surface area contributed by atoms with Gasteiger partial charge in [-0.15, -0.1) is 0 Å². The number of carbonyl (C=O) groups is 1. The number of urea groups is 1. The molecule has 1 aromatic carbocycles. The van der Waals surface area contributed by atoms with E-state index in [1.54, 1.807) is 6.92 Å². The highest BCUT2D eigenvalue weighted by Crippen LogP contribution is 2.41. The number of halogens is 1. The van der Waals surface area contributed by atoms with Gasteiger partial charge in [0, 0.05) is 29.3 Å². The lowest BCUT2D eigenvalue weighted by Gasteiger charge is -2.14. The molecule has 7 heteroatoms. The first kappa shape index (κ1) is 17.1. The molecule has 3 atom stereocenters. The molecule has 2 amide bonds. The second kappa shape index (κ2) is 6.87. The van der Waals surface area contributed by atoms with E-state index < -0.39 is 9.84 Å². The molecule has 0 heterocycles. The summed E-state index contributed by atoms with van der Waals surface area (Å²) in [5, 5.41) is 6.37. The van der Waals surface area contributed by atoms with E-state index >= 15 is 0 Å². The Bertz CT molecular complexity index is 648. The Morgan fingerprint density at radius 3 is 2.82 bits per heavy atom. The molecule has 1 aromatic rings. The van der Waals surface area contributed by atoms with Gasteiger partial charge < -0.3 is 10.6 Å². The van der Waals surface area contributed by atoms with Crippen LogP contribution in [0.5, 0.6) is 0 Å². The Labute approximate surface area is 136 Å². The van der Waals surface area contributed by atoms with Crippen molar-refractivity contribution in [2.24, 2.45) is 0 Å². The molecule has 0 radical (unpaired) electrons. The average molecular weight is 345 g/mol. The number of nitrogens with one attached hydrogen (secondary N) is 2. The normalized spacial score (nSPS) is 22.0. The Kier molecular flexibility index (Phi) is 5.34. The van der Waals surface area contributed by atoms with E-state index in [-0.39, 0.29) is 23.9 Å². The number of benzene rings is 1. The highest BCUT2D eigenvalue weighted by molar-refractivity contribution is 7.90. The maximum atomic E-state index is 11.9. The minimum absolute atomic E-state index is 0.0724. The third-order valence-corrected chi connectivity index (χ3v) is 4.90. The van der Waals surface area contributed by atoms with E-state index in [1.807, 2.05) is 24.3 Å². The number of hydrogen-bond acceptors (Lipinski definition) is 3. The number of sulfone groups is 1. The summed E-state index contributed by atoms with van der Waals surface area (Å²) in [6.07, 6.45) is 2.50. The van der Waals surface area contributed by atoms with Crippen LogP contribution < -0.4 is 10.6 Å². The van der Waals surface area contributed by atoms with Gasteiger partial charge in [-0.1, -0.05) is 23.7 Å². The van der Waals surface area contributed by atoms with Gasteiger partial charge in [0.2, 0.25) is 0 Å². The average Bonchev–Trinajstić information content (AvgIpc) is 3.14. The zero-order valence-electron chi connectivity index (χ0n) is 12.7. The van der Waals surface area contributed by atoms with Gasteiger partial charge in [0.15, 0.2) is 0 Å². The van der Waals surface area contributed by atoms with Gasteiger partial charge in [-0.3, -0.25) is 0 Å². The molecule has 2 rings (SSSR count). The van der Waals surface area contributed by atoms with Crippen LogP contribution in [0.3, 0.4) is 0 Å². The SMILES string of the molecule is C[C@H](CCS(C)(=O)=O)NC(=O)N[C@H]1C[C@@H]1c1cccc(Cl)c1. The van der Waals surface area contributed by atoms with Crippen LogP contribution in [0.15, 0.2) is 24.3 Å². The van der Waals surface area contributed by atoms with Crippen molar-refractivity contribution >= 4 is 27.5 Å². The Morgan fingerprint density at radius 1 is 1.45 bits per heavy atom. The van der Waals surface area contributed by atoms with Gasteiger partial charge in [0.1, 0.15) is 9.84 Å². The fourth-order valence-corrected chi connectivity index (χ4v) is 3.34. The topological polar surface area (TPSA) is 75.3 Å². The van der Waals surface area contributed by atoms with Crippen molar-refractivity contribution in [3.8, 4) is 0 Å². The van der Waals surface area contributed by atoms with Crippen molar-refractivity contribution in [3.05, 3.63) is 34.9 Å². The summed E-state index contributed by atoms with van der Waals surface area (Å²) in [6, 6.07) is 7.33. The third-order valence-electron chi connectivity index (χ3n) is 3.68. The predicted molar refractivity (Wildman–Crippen MR) is 88.1 cm³/mol. The summed E-state index contributed by atoms with van der Waals surface area (Å²) in [5.74, 6) is 0.374. The van der Waals surface area contributed by atoms with Crippen molar-refractivity contribution < 1.29 is 13.2 Å². The summed E-state index contributed by atoms with van der Waals surface area (Å²) in [5.41, 5.74) is 1.13. The molecule has 0 unspecified atom stereocenters. The lowest BCUT2D eigenvalue weighted by molar-refractivity contribution is 0.237. The van der Waals surface area contributed by atoms with Gasteiger partial charge >= 0.3 is 6.03 Å². The van der Waals surface area contributed by atoms with Crippen LogP contribution in [0.2, 0.25) is 5.02 Å². The van der Waals surface area contributed by atoms with Gasteiger partial charge in [-0.2, -0.15) is 0 Å². The zero-order chi connectivity index (χ0) is 16.3. The van der Waals surface area contributed by atoms with Crippen molar-refractivity contribution in [2.45, 2.75) is 37.8 Å². The van der Waals surface area contributed by atoms with E-state index in [0.717, 1.165) is 12.0 Å². The summed E-state index contributed by atoms with van der Waals surface area (Å²) >= 11 is 5.96. The first-order valence-electron chi connectivity index (χ1n) is 7.25. The van der Waals surface area contributed by atoms with Crippen LogP contribution in [0.1, 0.15) is 31.2 Å². The van der Waals surface area contributed by atoms with Crippen LogP contribution in [0.4, 0.5) is 4.79 Å². The highest BCUT2D eigenvalue weighted by atomic mass is 35.5.